The summed E-state index contributed by atoms with van der Waals surface area (Å²) < 4.78 is 14.3. The lowest BCUT2D eigenvalue weighted by molar-refractivity contribution is 0.623. The Morgan fingerprint density at radius 2 is 2.12 bits per heavy atom. The first-order chi connectivity index (χ1) is 8.08. The number of nitrogens with two attached hydrogens (primary N) is 1. The van der Waals surface area contributed by atoms with Crippen molar-refractivity contribution in [3.05, 3.63) is 55.4 Å². The molecule has 1 nitrogen and oxygen atoms in total. The summed E-state index contributed by atoms with van der Waals surface area (Å²) in [4.78, 5) is 1.05. The van der Waals surface area contributed by atoms with Crippen molar-refractivity contribution < 1.29 is 4.39 Å². The Balaban J connectivity index is 2.18. The van der Waals surface area contributed by atoms with Gasteiger partial charge in [0.25, 0.3) is 0 Å². The highest BCUT2D eigenvalue weighted by Crippen LogP contribution is 2.30. The van der Waals surface area contributed by atoms with Gasteiger partial charge in [-0.15, -0.1) is 11.3 Å². The van der Waals surface area contributed by atoms with Crippen molar-refractivity contribution in [2.45, 2.75) is 12.5 Å². The van der Waals surface area contributed by atoms with E-state index in [4.69, 9.17) is 17.3 Å². The molecule has 0 saturated carbocycles. The third-order valence-electron chi connectivity index (χ3n) is 2.43. The van der Waals surface area contributed by atoms with Crippen LogP contribution in [0.15, 0.2) is 34.1 Å². The number of hydrogen-bond acceptors (Lipinski definition) is 2. The molecular weight excluding hydrogens is 325 g/mol. The second kappa shape index (κ2) is 5.48. The zero-order valence-corrected chi connectivity index (χ0v) is 11.9. The normalized spacial score (nSPS) is 12.7. The molecule has 90 valence electrons. The van der Waals surface area contributed by atoms with Crippen LogP contribution in [0.2, 0.25) is 5.02 Å². The molecule has 1 unspecified atom stereocenters. The molecule has 0 amide bonds. The van der Waals surface area contributed by atoms with Gasteiger partial charge in [0.15, 0.2) is 0 Å². The summed E-state index contributed by atoms with van der Waals surface area (Å²) in [6, 6.07) is 8.55. The minimum absolute atomic E-state index is 0.161. The SMILES string of the molecule is NC(Cc1cccc(F)c1Cl)c1ccc(Br)s1. The van der Waals surface area contributed by atoms with Crippen LogP contribution < -0.4 is 5.73 Å². The van der Waals surface area contributed by atoms with E-state index in [9.17, 15) is 4.39 Å². The van der Waals surface area contributed by atoms with Gasteiger partial charge in [0, 0.05) is 10.9 Å². The molecular formula is C12H10BrClFNS. The van der Waals surface area contributed by atoms with Gasteiger partial charge in [0.05, 0.1) is 8.81 Å². The summed E-state index contributed by atoms with van der Waals surface area (Å²) >= 11 is 10.9. The van der Waals surface area contributed by atoms with Crippen LogP contribution >= 0.6 is 38.9 Å². The quantitative estimate of drug-likeness (QED) is 0.876. The molecule has 1 atom stereocenters. The van der Waals surface area contributed by atoms with Crippen molar-refractivity contribution in [2.75, 3.05) is 0 Å². The van der Waals surface area contributed by atoms with Gasteiger partial charge in [-0.25, -0.2) is 4.39 Å². The van der Waals surface area contributed by atoms with Gasteiger partial charge in [0.2, 0.25) is 0 Å². The number of halogens is 3. The molecule has 2 rings (SSSR count). The first kappa shape index (κ1) is 13.0. The van der Waals surface area contributed by atoms with E-state index in [0.717, 1.165) is 14.2 Å². The second-order valence-electron chi connectivity index (χ2n) is 3.67. The molecule has 0 fully saturated rings. The highest BCUT2D eigenvalue weighted by molar-refractivity contribution is 9.11. The van der Waals surface area contributed by atoms with E-state index < -0.39 is 5.82 Å². The van der Waals surface area contributed by atoms with Crippen molar-refractivity contribution in [3.63, 3.8) is 0 Å². The van der Waals surface area contributed by atoms with Crippen molar-refractivity contribution in [1.82, 2.24) is 0 Å². The van der Waals surface area contributed by atoms with Crippen LogP contribution in [0.5, 0.6) is 0 Å². The topological polar surface area (TPSA) is 26.0 Å². The Labute approximate surface area is 117 Å². The van der Waals surface area contributed by atoms with Crippen LogP contribution in [0.3, 0.4) is 0 Å². The zero-order chi connectivity index (χ0) is 12.4. The Hall–Kier alpha value is -0.420. The third kappa shape index (κ3) is 3.07. The van der Waals surface area contributed by atoms with E-state index in [0.29, 0.717) is 6.42 Å². The molecule has 0 saturated heterocycles. The third-order valence-corrected chi connectivity index (χ3v) is 4.61. The molecule has 2 aromatic rings. The van der Waals surface area contributed by atoms with E-state index >= 15 is 0 Å². The first-order valence-corrected chi connectivity index (χ1v) is 7.00. The average Bonchev–Trinajstić information content (AvgIpc) is 2.72. The average molecular weight is 335 g/mol. The standard InChI is InChI=1S/C12H10BrClFNS/c13-11-5-4-10(17-11)9(16)6-7-2-1-3-8(15)12(7)14/h1-5,9H,6,16H2. The van der Waals surface area contributed by atoms with Crippen LogP contribution in [0.4, 0.5) is 4.39 Å². The molecule has 5 heteroatoms. The number of hydrogen-bond donors (Lipinski definition) is 1. The predicted molar refractivity (Wildman–Crippen MR) is 74.1 cm³/mol. The number of benzene rings is 1. The summed E-state index contributed by atoms with van der Waals surface area (Å²) in [5.74, 6) is -0.399. The molecule has 2 N–H and O–H groups in total. The fraction of sp³-hybridized carbons (Fsp3) is 0.167. The van der Waals surface area contributed by atoms with Crippen molar-refractivity contribution in [2.24, 2.45) is 5.73 Å². The molecule has 0 radical (unpaired) electrons. The summed E-state index contributed by atoms with van der Waals surface area (Å²) in [5, 5.41) is 0.165. The maximum atomic E-state index is 13.3. The van der Waals surface area contributed by atoms with Gasteiger partial charge < -0.3 is 5.73 Å². The minimum Gasteiger partial charge on any atom is -0.323 e. The molecule has 1 aromatic carbocycles. The van der Waals surface area contributed by atoms with Crippen LogP contribution in [-0.2, 0) is 6.42 Å². The maximum Gasteiger partial charge on any atom is 0.142 e. The maximum absolute atomic E-state index is 13.3. The van der Waals surface area contributed by atoms with Crippen LogP contribution in [0.1, 0.15) is 16.5 Å². The Morgan fingerprint density at radius 3 is 2.76 bits per heavy atom. The Morgan fingerprint density at radius 1 is 1.35 bits per heavy atom. The van der Waals surface area contributed by atoms with E-state index in [1.807, 2.05) is 12.1 Å². The van der Waals surface area contributed by atoms with Crippen molar-refractivity contribution >= 4 is 38.9 Å². The van der Waals surface area contributed by atoms with Gasteiger partial charge in [0.1, 0.15) is 5.82 Å². The fourth-order valence-corrected chi connectivity index (χ4v) is 3.20. The molecule has 0 aliphatic heterocycles. The van der Waals surface area contributed by atoms with Crippen molar-refractivity contribution in [3.8, 4) is 0 Å². The van der Waals surface area contributed by atoms with Gasteiger partial charge in [-0.1, -0.05) is 23.7 Å². The Bertz CT molecular complexity index is 529. The number of rotatable bonds is 3. The largest absolute Gasteiger partial charge is 0.323 e. The lowest BCUT2D eigenvalue weighted by atomic mass is 10.1. The molecule has 0 aliphatic carbocycles. The smallest absolute Gasteiger partial charge is 0.142 e. The molecule has 0 spiro atoms. The van der Waals surface area contributed by atoms with Crippen molar-refractivity contribution in [1.29, 1.82) is 0 Å². The minimum atomic E-state index is -0.399. The fourth-order valence-electron chi connectivity index (χ4n) is 1.57. The van der Waals surface area contributed by atoms with Gasteiger partial charge in [-0.05, 0) is 46.1 Å². The lowest BCUT2D eigenvalue weighted by Gasteiger charge is -2.11. The first-order valence-electron chi connectivity index (χ1n) is 5.01. The van der Waals surface area contributed by atoms with Crippen LogP contribution in [0.25, 0.3) is 0 Å². The predicted octanol–water partition coefficient (Wildman–Crippen LogP) is 4.55. The lowest BCUT2D eigenvalue weighted by Crippen LogP contribution is -2.12. The molecule has 0 aliphatic rings. The summed E-state index contributed by atoms with van der Waals surface area (Å²) in [6.07, 6.45) is 0.531. The highest BCUT2D eigenvalue weighted by atomic mass is 79.9. The van der Waals surface area contributed by atoms with E-state index in [-0.39, 0.29) is 11.1 Å². The highest BCUT2D eigenvalue weighted by Gasteiger charge is 2.13. The van der Waals surface area contributed by atoms with Gasteiger partial charge in [-0.3, -0.25) is 0 Å². The van der Waals surface area contributed by atoms with Crippen LogP contribution in [0, 0.1) is 5.82 Å². The Kier molecular flexibility index (Phi) is 4.20. The monoisotopic (exact) mass is 333 g/mol. The summed E-state index contributed by atoms with van der Waals surface area (Å²) in [5.41, 5.74) is 6.81. The second-order valence-corrected chi connectivity index (χ2v) is 6.54. The zero-order valence-electron chi connectivity index (χ0n) is 8.79. The number of thiophene rings is 1. The van der Waals surface area contributed by atoms with Gasteiger partial charge in [-0.2, -0.15) is 0 Å². The molecule has 1 aromatic heterocycles. The molecule has 1 heterocycles. The summed E-state index contributed by atoms with van der Waals surface area (Å²) in [7, 11) is 0. The summed E-state index contributed by atoms with van der Waals surface area (Å²) in [6.45, 7) is 0. The molecule has 0 bridgehead atoms. The molecule has 17 heavy (non-hydrogen) atoms. The van der Waals surface area contributed by atoms with E-state index in [1.54, 1.807) is 23.5 Å². The van der Waals surface area contributed by atoms with E-state index in [1.165, 1.54) is 6.07 Å². The van der Waals surface area contributed by atoms with E-state index in [2.05, 4.69) is 15.9 Å². The van der Waals surface area contributed by atoms with Crippen LogP contribution in [-0.4, -0.2) is 0 Å². The van der Waals surface area contributed by atoms with Gasteiger partial charge >= 0.3 is 0 Å².